The Labute approximate surface area is 762 Å². The SMILES string of the molecule is COC(=O)C[C@H](C(=O)O)c1ccc(F)cc1.COC(=O)N[C@H](C(=O)N1CCC[C@H]1c1ncc(-c2ccc(-c3ccc4cc(-c5cnc([C@@H]6CCCN6C(=O)[C@@H](NC(=O)OC)C(C)C)[nH]5)ccc4c3)cc2)[nH]1)c1ccc(F)cc1.COC(=O)N[C@H](C(=O)N1CCC[C@H]1c1ncc(-c2ccc3cc(-c4ccc(-c5cnc([C@@H]6CCCN6C(=O)OC(C)(C)C)[nH]5)cc4)ccc3c2)[nH]1)C(C)C. The predicted molar refractivity (Wildman–Crippen MR) is 491 cm³/mol. The van der Waals surface area contributed by atoms with Gasteiger partial charge >= 0.3 is 36.3 Å². The van der Waals surface area contributed by atoms with E-state index in [4.69, 9.17) is 34.0 Å². The molecule has 132 heavy (non-hydrogen) atoms. The third kappa shape index (κ3) is 21.9. The average Bonchev–Trinajstić information content (AvgIpc) is 1.50. The molecule has 7 amide bonds. The lowest BCUT2D eigenvalue weighted by atomic mass is 9.96. The van der Waals surface area contributed by atoms with Crippen molar-refractivity contribution in [1.82, 2.24) is 75.4 Å². The van der Waals surface area contributed by atoms with Crippen LogP contribution in [0.25, 0.3) is 88.8 Å². The van der Waals surface area contributed by atoms with Crippen molar-refractivity contribution in [2.75, 3.05) is 54.6 Å². The average molecular weight is 1800 g/mol. The largest absolute Gasteiger partial charge is 0.481 e. The number of nitrogens with zero attached hydrogens (tertiary/aromatic N) is 8. The van der Waals surface area contributed by atoms with E-state index in [9.17, 15) is 51.9 Å². The molecular formula is C100H109F2N15O15. The standard InChI is InChI=1S/C47H49FN8O6.C42H49N7O5.C11H11FO4/c1-27(2)40(53-46(59)61-3)44(57)55-21-5-7-38(55)43-50-26-37(52-43)34-16-15-32-23-31(13-14-33(32)24-34)28-9-11-29(12-10-28)36-25-49-42(51-36)39-8-6-22-56(39)45(58)41(54-47(60)62-4)30-17-19-35(48)20-18-30;1-25(2)36(47-40(51)53-6)39(50)48-19-7-9-34(48)37-44-24-33(46-37)31-18-17-29-21-28(15-16-30(29)22-31)26-11-13-27(14-12-26)32-23-43-38(45-32)35-10-8-20-49(35)41(52)54-42(3,4)5;1-16-10(13)6-9(11(14)15)7-2-4-8(12)5-3-7/h9-20,23-27,38-41H,5-8,21-22H2,1-4H3,(H,49,51)(H,50,52)(H,53,59)(H,54,60);11-18,21-25,34-36H,7-10,19-20H2,1-6H3,(H,43,45)(H,44,46)(H,47,51);2-5,9H,6H2,1H3,(H,14,15)/t38-,39-,40-,41-;34-,35-,36-;9-/m000/s1. The number of alkyl carbamates (subject to hydrolysis) is 3. The number of nitrogens with one attached hydrogen (secondary N) is 7. The first-order valence-electron chi connectivity index (χ1n) is 44.2. The molecule has 30 nitrogen and oxygen atoms in total. The fourth-order valence-corrected chi connectivity index (χ4v) is 17.3. The van der Waals surface area contributed by atoms with E-state index in [-0.39, 0.29) is 66.2 Å². The molecule has 4 aliphatic heterocycles. The summed E-state index contributed by atoms with van der Waals surface area (Å²) in [6.07, 6.45) is 11.1. The number of hydrogen-bond donors (Lipinski definition) is 8. The van der Waals surface area contributed by atoms with Crippen LogP contribution in [0.4, 0.5) is 28.0 Å². The Balaban J connectivity index is 0.000000183. The van der Waals surface area contributed by atoms with Gasteiger partial charge in [-0.1, -0.05) is 149 Å². The van der Waals surface area contributed by atoms with Crippen LogP contribution in [-0.2, 0) is 47.7 Å². The molecule has 4 saturated heterocycles. The summed E-state index contributed by atoms with van der Waals surface area (Å²) < 4.78 is 50.7. The van der Waals surface area contributed by atoms with E-state index in [1.807, 2.05) is 84.1 Å². The molecule has 4 aromatic heterocycles. The van der Waals surface area contributed by atoms with Crippen molar-refractivity contribution in [3.8, 4) is 67.3 Å². The fraction of sp³-hybridized carbons (Fsp3) is 0.350. The molecule has 4 fully saturated rings. The maximum absolute atomic E-state index is 13.9. The number of methoxy groups -OCH3 is 4. The van der Waals surface area contributed by atoms with E-state index in [0.717, 1.165) is 158 Å². The number of hydrogen-bond acceptors (Lipinski definition) is 18. The van der Waals surface area contributed by atoms with Crippen molar-refractivity contribution in [2.45, 2.75) is 160 Å². The second-order valence-electron chi connectivity index (χ2n) is 34.9. The van der Waals surface area contributed by atoms with Gasteiger partial charge in [-0.05, 0) is 199 Å². The van der Waals surface area contributed by atoms with Crippen LogP contribution in [-0.4, -0.2) is 191 Å². The molecule has 8 aromatic carbocycles. The van der Waals surface area contributed by atoms with Crippen LogP contribution in [0.3, 0.4) is 0 Å². The minimum absolute atomic E-state index is 0.0963. The predicted octanol–water partition coefficient (Wildman–Crippen LogP) is 18.2. The second-order valence-corrected chi connectivity index (χ2v) is 34.9. The highest BCUT2D eigenvalue weighted by molar-refractivity contribution is 5.94. The first-order chi connectivity index (χ1) is 63.4. The van der Waals surface area contributed by atoms with Crippen molar-refractivity contribution in [1.29, 1.82) is 0 Å². The van der Waals surface area contributed by atoms with E-state index in [1.165, 1.54) is 64.8 Å². The van der Waals surface area contributed by atoms with Crippen LogP contribution < -0.4 is 16.0 Å². The number of carbonyl (C=O) groups is 9. The van der Waals surface area contributed by atoms with Gasteiger partial charge in [-0.15, -0.1) is 0 Å². The summed E-state index contributed by atoms with van der Waals surface area (Å²) in [6, 6.07) is 49.3. The zero-order valence-electron chi connectivity index (χ0n) is 75.4. The third-order valence-electron chi connectivity index (χ3n) is 24.3. The molecule has 8 atom stereocenters. The van der Waals surface area contributed by atoms with Gasteiger partial charge in [0.25, 0.3) is 5.91 Å². The number of aromatic nitrogens is 8. The third-order valence-corrected chi connectivity index (χ3v) is 24.3. The zero-order valence-corrected chi connectivity index (χ0v) is 75.4. The smallest absolute Gasteiger partial charge is 0.410 e. The molecule has 32 heteroatoms. The quantitative estimate of drug-likeness (QED) is 0.0218. The minimum Gasteiger partial charge on any atom is -0.481 e. The number of amides is 7. The number of imidazole rings is 4. The van der Waals surface area contributed by atoms with Crippen molar-refractivity contribution in [3.63, 3.8) is 0 Å². The van der Waals surface area contributed by atoms with Gasteiger partial charge in [0.15, 0.2) is 0 Å². The Kier molecular flexibility index (Phi) is 29.4. The van der Waals surface area contributed by atoms with E-state index in [2.05, 4.69) is 160 Å². The maximum atomic E-state index is 13.9. The molecule has 8 heterocycles. The molecule has 688 valence electrons. The lowest BCUT2D eigenvalue weighted by Gasteiger charge is -2.30. The van der Waals surface area contributed by atoms with Crippen molar-refractivity contribution in [2.24, 2.45) is 11.8 Å². The Hall–Kier alpha value is -14.6. The summed E-state index contributed by atoms with van der Waals surface area (Å²) in [6.45, 7) is 15.6. The molecule has 12 aromatic rings. The van der Waals surface area contributed by atoms with E-state index >= 15 is 0 Å². The molecule has 0 bridgehead atoms. The lowest BCUT2D eigenvalue weighted by molar-refractivity contribution is -0.147. The number of aliphatic carboxylic acids is 1. The second kappa shape index (κ2) is 41.4. The Morgan fingerprint density at radius 2 is 0.712 bits per heavy atom. The van der Waals surface area contributed by atoms with Crippen molar-refractivity contribution >= 4 is 75.6 Å². The topological polar surface area (TPSA) is 384 Å². The first kappa shape index (κ1) is 93.6. The van der Waals surface area contributed by atoms with Crippen molar-refractivity contribution < 1.29 is 80.7 Å². The summed E-state index contributed by atoms with van der Waals surface area (Å²) in [7, 11) is 5.00. The number of rotatable bonds is 23. The van der Waals surface area contributed by atoms with E-state index in [1.54, 1.807) is 20.9 Å². The summed E-state index contributed by atoms with van der Waals surface area (Å²) in [5, 5.41) is 21.3. The summed E-state index contributed by atoms with van der Waals surface area (Å²) >= 11 is 0. The van der Waals surface area contributed by atoms with Crippen LogP contribution in [0.1, 0.15) is 177 Å². The Morgan fingerprint density at radius 3 is 1.06 bits per heavy atom. The Bertz CT molecular complexity index is 6150. The molecule has 0 unspecified atom stereocenters. The van der Waals surface area contributed by atoms with Crippen molar-refractivity contribution in [3.05, 3.63) is 241 Å². The highest BCUT2D eigenvalue weighted by Gasteiger charge is 2.42. The molecule has 0 spiro atoms. The van der Waals surface area contributed by atoms with Gasteiger partial charge in [0, 0.05) is 37.3 Å². The van der Waals surface area contributed by atoms with Gasteiger partial charge in [-0.2, -0.15) is 0 Å². The number of benzene rings is 8. The van der Waals surface area contributed by atoms with Crippen LogP contribution in [0.5, 0.6) is 0 Å². The van der Waals surface area contributed by atoms with E-state index in [0.29, 0.717) is 55.4 Å². The van der Waals surface area contributed by atoms with Gasteiger partial charge in [0.05, 0.1) is 113 Å². The molecule has 0 radical (unpaired) electrons. The van der Waals surface area contributed by atoms with Crippen LogP contribution in [0.15, 0.2) is 195 Å². The number of halogens is 2. The number of fused-ring (bicyclic) bond motifs is 2. The number of ether oxygens (including phenoxy) is 5. The number of likely N-dealkylation sites (tertiary alicyclic amines) is 4. The monoisotopic (exact) mass is 1800 g/mol. The van der Waals surface area contributed by atoms with Crippen LogP contribution in [0.2, 0.25) is 0 Å². The zero-order chi connectivity index (χ0) is 93.8. The molecule has 0 saturated carbocycles. The lowest BCUT2D eigenvalue weighted by Crippen LogP contribution is -2.51. The number of esters is 1. The number of carboxylic acid groups (broad SMARTS) is 1. The number of aromatic amines is 4. The van der Waals surface area contributed by atoms with Gasteiger partial charge in [-0.3, -0.25) is 28.9 Å². The highest BCUT2D eigenvalue weighted by Crippen LogP contribution is 2.41. The highest BCUT2D eigenvalue weighted by atomic mass is 19.1. The molecule has 8 N–H and O–H groups in total. The van der Waals surface area contributed by atoms with E-state index < -0.39 is 71.5 Å². The Morgan fingerprint density at radius 1 is 0.402 bits per heavy atom. The van der Waals surface area contributed by atoms with Gasteiger partial charge < -0.3 is 79.4 Å². The first-order valence-corrected chi connectivity index (χ1v) is 44.2. The summed E-state index contributed by atoms with van der Waals surface area (Å²) in [5.41, 5.74) is 12.0. The molecule has 16 rings (SSSR count). The molecule has 0 aliphatic carbocycles. The van der Waals surface area contributed by atoms with Gasteiger partial charge in [0.2, 0.25) is 11.8 Å². The van der Waals surface area contributed by atoms with Crippen LogP contribution in [0, 0.1) is 23.5 Å². The number of H-pyrrole nitrogens is 4. The van der Waals surface area contributed by atoms with Gasteiger partial charge in [0.1, 0.15) is 58.7 Å². The minimum atomic E-state index is -1.14. The molecule has 4 aliphatic rings. The number of carboxylic acids is 1. The number of carbonyl (C=O) groups excluding carboxylic acids is 8. The van der Waals surface area contributed by atoms with Crippen LogP contribution >= 0.6 is 0 Å². The fourth-order valence-electron chi connectivity index (χ4n) is 17.3. The summed E-state index contributed by atoms with van der Waals surface area (Å²) in [5.74, 6) is -1.60. The molecular weight excluding hydrogens is 1690 g/mol. The van der Waals surface area contributed by atoms with Gasteiger partial charge in [-0.25, -0.2) is 47.9 Å². The maximum Gasteiger partial charge on any atom is 0.410 e. The summed E-state index contributed by atoms with van der Waals surface area (Å²) in [4.78, 5) is 152. The normalized spacial score (nSPS) is 16.9.